The topological polar surface area (TPSA) is 52.6 Å². The Balaban J connectivity index is 2.10. The average Bonchev–Trinajstić information content (AvgIpc) is 2.71. The van der Waals surface area contributed by atoms with Gasteiger partial charge in [-0.15, -0.1) is 0 Å². The highest BCUT2D eigenvalue weighted by atomic mass is 16.5. The minimum Gasteiger partial charge on any atom is -0.469 e. The number of ether oxygens (including phenoxy) is 2. The number of carbonyl (C=O) groups is 2. The molecule has 0 amide bonds. The molecule has 0 fully saturated rings. The summed E-state index contributed by atoms with van der Waals surface area (Å²) in [6, 6.07) is 16.3. The fourth-order valence-electron chi connectivity index (χ4n) is 4.35. The van der Waals surface area contributed by atoms with Crippen molar-refractivity contribution in [3.8, 4) is 0 Å². The van der Waals surface area contributed by atoms with E-state index in [0.717, 1.165) is 33.7 Å². The number of hydrogen-bond acceptors (Lipinski definition) is 4. The van der Waals surface area contributed by atoms with Gasteiger partial charge in [0.1, 0.15) is 0 Å². The Morgan fingerprint density at radius 1 is 0.808 bits per heavy atom. The average molecular weight is 348 g/mol. The molecule has 0 spiro atoms. The van der Waals surface area contributed by atoms with E-state index in [4.69, 9.17) is 9.47 Å². The van der Waals surface area contributed by atoms with Crippen molar-refractivity contribution in [2.45, 2.75) is 18.8 Å². The maximum Gasteiger partial charge on any atom is 0.314 e. The van der Waals surface area contributed by atoms with Crippen LogP contribution in [0.4, 0.5) is 0 Å². The lowest BCUT2D eigenvalue weighted by molar-refractivity contribution is -0.154. The maximum absolute atomic E-state index is 12.7. The highest BCUT2D eigenvalue weighted by Crippen LogP contribution is 2.45. The molecule has 3 aromatic carbocycles. The largest absolute Gasteiger partial charge is 0.469 e. The predicted octanol–water partition coefficient (Wildman–Crippen LogP) is 3.99. The number of methoxy groups -OCH3 is 2. The van der Waals surface area contributed by atoms with Gasteiger partial charge in [0, 0.05) is 0 Å². The second-order valence-electron chi connectivity index (χ2n) is 6.65. The van der Waals surface area contributed by atoms with Crippen molar-refractivity contribution in [1.29, 1.82) is 0 Å². The van der Waals surface area contributed by atoms with E-state index < -0.39 is 11.8 Å². The van der Waals surface area contributed by atoms with Crippen molar-refractivity contribution in [3.63, 3.8) is 0 Å². The lowest BCUT2D eigenvalue weighted by atomic mass is 9.71. The van der Waals surface area contributed by atoms with Crippen LogP contribution in [-0.4, -0.2) is 26.2 Å². The molecule has 0 heterocycles. The van der Waals surface area contributed by atoms with Gasteiger partial charge in [0.05, 0.1) is 26.1 Å². The SMILES string of the molecule is COC(=O)C1CCc2c(c3ccccc3c3ccccc23)C1C(=O)OC. The van der Waals surface area contributed by atoms with Gasteiger partial charge in [-0.3, -0.25) is 9.59 Å². The molecular formula is C22H20O4. The van der Waals surface area contributed by atoms with Gasteiger partial charge in [0.2, 0.25) is 0 Å². The molecule has 2 atom stereocenters. The summed E-state index contributed by atoms with van der Waals surface area (Å²) in [5, 5.41) is 4.40. The van der Waals surface area contributed by atoms with Crippen LogP contribution in [0, 0.1) is 5.92 Å². The summed E-state index contributed by atoms with van der Waals surface area (Å²) < 4.78 is 10.1. The van der Waals surface area contributed by atoms with Gasteiger partial charge >= 0.3 is 11.9 Å². The van der Waals surface area contributed by atoms with Crippen LogP contribution in [-0.2, 0) is 25.5 Å². The lowest BCUT2D eigenvalue weighted by Gasteiger charge is -2.32. The summed E-state index contributed by atoms with van der Waals surface area (Å²) >= 11 is 0. The van der Waals surface area contributed by atoms with Gasteiger partial charge < -0.3 is 9.47 Å². The Morgan fingerprint density at radius 3 is 1.96 bits per heavy atom. The van der Waals surface area contributed by atoms with E-state index >= 15 is 0 Å². The molecule has 4 heteroatoms. The predicted molar refractivity (Wildman–Crippen MR) is 100 cm³/mol. The first kappa shape index (κ1) is 16.6. The molecule has 26 heavy (non-hydrogen) atoms. The molecule has 0 radical (unpaired) electrons. The molecule has 132 valence electrons. The molecule has 3 aromatic rings. The fourth-order valence-corrected chi connectivity index (χ4v) is 4.35. The van der Waals surface area contributed by atoms with E-state index in [-0.39, 0.29) is 11.9 Å². The van der Waals surface area contributed by atoms with Crippen molar-refractivity contribution in [1.82, 2.24) is 0 Å². The lowest BCUT2D eigenvalue weighted by Crippen LogP contribution is -2.34. The fraction of sp³-hybridized carbons (Fsp3) is 0.273. The monoisotopic (exact) mass is 348 g/mol. The number of hydrogen-bond donors (Lipinski definition) is 0. The van der Waals surface area contributed by atoms with Crippen molar-refractivity contribution >= 4 is 33.5 Å². The van der Waals surface area contributed by atoms with Crippen molar-refractivity contribution in [2.24, 2.45) is 5.92 Å². The standard InChI is InChI=1S/C22H20O4/c1-25-21(23)18-12-11-17-15-9-4-3-7-13(15)14-8-5-6-10-16(14)19(17)20(18)22(24)26-2/h3-10,18,20H,11-12H2,1-2H3. The molecule has 4 nitrogen and oxygen atoms in total. The molecular weight excluding hydrogens is 328 g/mol. The van der Waals surface area contributed by atoms with Crippen LogP contribution in [0.25, 0.3) is 21.5 Å². The molecule has 4 rings (SSSR count). The number of carbonyl (C=O) groups excluding carboxylic acids is 2. The minimum absolute atomic E-state index is 0.358. The Morgan fingerprint density at radius 2 is 1.35 bits per heavy atom. The summed E-state index contributed by atoms with van der Waals surface area (Å²) in [6.07, 6.45) is 1.30. The van der Waals surface area contributed by atoms with Gasteiger partial charge in [-0.2, -0.15) is 0 Å². The number of fused-ring (bicyclic) bond motifs is 6. The van der Waals surface area contributed by atoms with Crippen molar-refractivity contribution in [3.05, 3.63) is 59.7 Å². The number of aryl methyl sites for hydroxylation is 1. The quantitative estimate of drug-likeness (QED) is 0.519. The van der Waals surface area contributed by atoms with Crippen LogP contribution in [0.1, 0.15) is 23.5 Å². The first-order valence-electron chi connectivity index (χ1n) is 8.75. The van der Waals surface area contributed by atoms with Gasteiger partial charge in [0.15, 0.2) is 0 Å². The van der Waals surface area contributed by atoms with Crippen LogP contribution >= 0.6 is 0 Å². The Kier molecular flexibility index (Phi) is 4.11. The molecule has 0 bridgehead atoms. The Hall–Kier alpha value is -2.88. The molecule has 0 saturated carbocycles. The molecule has 2 unspecified atom stereocenters. The van der Waals surface area contributed by atoms with E-state index in [0.29, 0.717) is 6.42 Å². The summed E-state index contributed by atoms with van der Waals surface area (Å²) in [4.78, 5) is 25.1. The zero-order valence-corrected chi connectivity index (χ0v) is 14.8. The first-order chi connectivity index (χ1) is 12.7. The zero-order chi connectivity index (χ0) is 18.3. The van der Waals surface area contributed by atoms with Crippen LogP contribution in [0.3, 0.4) is 0 Å². The third-order valence-electron chi connectivity index (χ3n) is 5.46. The minimum atomic E-state index is -0.647. The second-order valence-corrected chi connectivity index (χ2v) is 6.65. The number of benzene rings is 3. The van der Waals surface area contributed by atoms with Crippen LogP contribution in [0.5, 0.6) is 0 Å². The van der Waals surface area contributed by atoms with E-state index in [9.17, 15) is 9.59 Å². The van der Waals surface area contributed by atoms with Crippen molar-refractivity contribution in [2.75, 3.05) is 14.2 Å². The van der Waals surface area contributed by atoms with Crippen LogP contribution in [0.2, 0.25) is 0 Å². The molecule has 1 aliphatic carbocycles. The van der Waals surface area contributed by atoms with E-state index in [1.807, 2.05) is 30.3 Å². The highest BCUT2D eigenvalue weighted by Gasteiger charge is 2.42. The number of rotatable bonds is 2. The van der Waals surface area contributed by atoms with Crippen molar-refractivity contribution < 1.29 is 19.1 Å². The van der Waals surface area contributed by atoms with E-state index in [2.05, 4.69) is 18.2 Å². The highest BCUT2D eigenvalue weighted by molar-refractivity contribution is 6.12. The third-order valence-corrected chi connectivity index (χ3v) is 5.46. The molecule has 1 aliphatic rings. The van der Waals surface area contributed by atoms with Gasteiger partial charge in [-0.1, -0.05) is 48.5 Å². The van der Waals surface area contributed by atoms with Gasteiger partial charge in [-0.25, -0.2) is 0 Å². The summed E-state index contributed by atoms with van der Waals surface area (Å²) in [6.45, 7) is 0. The van der Waals surface area contributed by atoms with Gasteiger partial charge in [0.25, 0.3) is 0 Å². The zero-order valence-electron chi connectivity index (χ0n) is 14.8. The summed E-state index contributed by atoms with van der Waals surface area (Å²) in [5.41, 5.74) is 2.04. The molecule has 0 aromatic heterocycles. The van der Waals surface area contributed by atoms with Crippen LogP contribution in [0.15, 0.2) is 48.5 Å². The van der Waals surface area contributed by atoms with E-state index in [1.54, 1.807) is 0 Å². The first-order valence-corrected chi connectivity index (χ1v) is 8.75. The van der Waals surface area contributed by atoms with E-state index in [1.165, 1.54) is 19.6 Å². The van der Waals surface area contributed by atoms with Gasteiger partial charge in [-0.05, 0) is 45.5 Å². The second kappa shape index (κ2) is 6.45. The normalized spacial score (nSPS) is 19.2. The Labute approximate surface area is 151 Å². The summed E-state index contributed by atoms with van der Waals surface area (Å²) in [5.74, 6) is -1.92. The number of esters is 2. The smallest absolute Gasteiger partial charge is 0.314 e. The molecule has 0 aliphatic heterocycles. The Bertz CT molecular complexity index is 1020. The van der Waals surface area contributed by atoms with Crippen LogP contribution < -0.4 is 0 Å². The maximum atomic E-state index is 12.7. The molecule has 0 N–H and O–H groups in total. The molecule has 0 saturated heterocycles. The third kappa shape index (κ3) is 2.37. The summed E-state index contributed by atoms with van der Waals surface area (Å²) in [7, 11) is 2.73.